The first-order valence-electron chi connectivity index (χ1n) is 6.53. The first kappa shape index (κ1) is 11.3. The Morgan fingerprint density at radius 3 is 2.50 bits per heavy atom. The summed E-state index contributed by atoms with van der Waals surface area (Å²) in [5, 5.41) is 0. The maximum Gasteiger partial charge on any atom is -0.00855 e. The third-order valence-corrected chi connectivity index (χ3v) is 3.69. The van der Waals surface area contributed by atoms with E-state index >= 15 is 0 Å². The fraction of sp³-hybridized carbons (Fsp3) is 0.222. The summed E-state index contributed by atoms with van der Waals surface area (Å²) in [5.74, 6) is 0. The Morgan fingerprint density at radius 2 is 1.83 bits per heavy atom. The van der Waals surface area contributed by atoms with Gasteiger partial charge in [-0.05, 0) is 61.1 Å². The zero-order valence-electron chi connectivity index (χ0n) is 11.2. The second kappa shape index (κ2) is 4.13. The van der Waals surface area contributed by atoms with Crippen molar-refractivity contribution in [3.63, 3.8) is 0 Å². The quantitative estimate of drug-likeness (QED) is 0.630. The van der Waals surface area contributed by atoms with Gasteiger partial charge >= 0.3 is 0 Å². The van der Waals surface area contributed by atoms with Gasteiger partial charge in [-0.25, -0.2) is 0 Å². The predicted octanol–water partition coefficient (Wildman–Crippen LogP) is 5.15. The summed E-state index contributed by atoms with van der Waals surface area (Å²) in [6.07, 6.45) is 8.04. The molecule has 0 saturated heterocycles. The maximum atomic E-state index is 2.34. The second-order valence-corrected chi connectivity index (χ2v) is 5.34. The monoisotopic (exact) mass is 234 g/mol. The van der Waals surface area contributed by atoms with Crippen LogP contribution in [-0.4, -0.2) is 0 Å². The number of benzene rings is 1. The number of allylic oxidation sites excluding steroid dienone is 7. The molecule has 3 rings (SSSR count). The summed E-state index contributed by atoms with van der Waals surface area (Å²) >= 11 is 0. The number of hydrogen-bond acceptors (Lipinski definition) is 0. The largest absolute Gasteiger partial charge is 0.0772 e. The minimum atomic E-state index is 1.07. The molecule has 2 aliphatic rings. The van der Waals surface area contributed by atoms with Crippen LogP contribution < -0.4 is 0 Å². The van der Waals surface area contributed by atoms with Gasteiger partial charge in [-0.15, -0.1) is 0 Å². The van der Waals surface area contributed by atoms with Crippen molar-refractivity contribution in [1.82, 2.24) is 0 Å². The Balaban J connectivity index is 2.14. The van der Waals surface area contributed by atoms with Gasteiger partial charge in [-0.1, -0.05) is 47.6 Å². The number of hydrogen-bond donors (Lipinski definition) is 0. The fourth-order valence-corrected chi connectivity index (χ4v) is 2.87. The van der Waals surface area contributed by atoms with Crippen molar-refractivity contribution >= 4 is 11.6 Å². The molecule has 0 radical (unpaired) electrons. The van der Waals surface area contributed by atoms with Crippen LogP contribution in [0.25, 0.3) is 11.6 Å². The van der Waals surface area contributed by atoms with E-state index < -0.39 is 0 Å². The Morgan fingerprint density at radius 1 is 1.06 bits per heavy atom. The van der Waals surface area contributed by atoms with Crippen LogP contribution in [-0.2, 0) is 0 Å². The summed E-state index contributed by atoms with van der Waals surface area (Å²) in [5.41, 5.74) is 9.84. The Bertz CT molecular complexity index is 630. The van der Waals surface area contributed by atoms with Crippen LogP contribution in [0.15, 0.2) is 58.7 Å². The first-order valence-corrected chi connectivity index (χ1v) is 6.53. The van der Waals surface area contributed by atoms with E-state index in [1.165, 1.54) is 39.0 Å². The van der Waals surface area contributed by atoms with E-state index in [1.54, 1.807) is 0 Å². The molecular formula is C18H18. The van der Waals surface area contributed by atoms with Gasteiger partial charge in [0, 0.05) is 0 Å². The lowest BCUT2D eigenvalue weighted by Gasteiger charge is -2.11. The van der Waals surface area contributed by atoms with Crippen molar-refractivity contribution < 1.29 is 0 Å². The Hall–Kier alpha value is -1.82. The van der Waals surface area contributed by atoms with E-state index in [9.17, 15) is 0 Å². The van der Waals surface area contributed by atoms with Gasteiger partial charge in [-0.3, -0.25) is 0 Å². The van der Waals surface area contributed by atoms with Crippen molar-refractivity contribution in [3.8, 4) is 0 Å². The molecule has 0 nitrogen and oxygen atoms in total. The van der Waals surface area contributed by atoms with Gasteiger partial charge in [0.25, 0.3) is 0 Å². The standard InChI is InChI=1S/C18H18/c1-12(2)18-16-7-5-4-6-14(16)11-17(18)15-9-8-13(3)10-15/h4-8,10-11H,9H2,1-3H3. The number of rotatable bonds is 1. The van der Waals surface area contributed by atoms with Crippen LogP contribution >= 0.6 is 0 Å². The summed E-state index contributed by atoms with van der Waals surface area (Å²) in [6.45, 7) is 6.60. The third kappa shape index (κ3) is 1.69. The normalized spacial score (nSPS) is 17.3. The van der Waals surface area contributed by atoms with E-state index in [0.717, 1.165) is 6.42 Å². The summed E-state index contributed by atoms with van der Waals surface area (Å²) in [7, 11) is 0. The van der Waals surface area contributed by atoms with Crippen LogP contribution in [0, 0.1) is 0 Å². The van der Waals surface area contributed by atoms with E-state index in [0.29, 0.717) is 0 Å². The van der Waals surface area contributed by atoms with E-state index in [2.05, 4.69) is 63.3 Å². The molecule has 1 aromatic rings. The van der Waals surface area contributed by atoms with Crippen LogP contribution in [0.1, 0.15) is 38.3 Å². The summed E-state index contributed by atoms with van der Waals surface area (Å²) in [4.78, 5) is 0. The molecule has 0 atom stereocenters. The molecule has 0 spiro atoms. The highest BCUT2D eigenvalue weighted by atomic mass is 14.3. The molecule has 0 amide bonds. The van der Waals surface area contributed by atoms with Gasteiger partial charge in [0.05, 0.1) is 0 Å². The molecule has 1 aromatic carbocycles. The molecule has 0 unspecified atom stereocenters. The topological polar surface area (TPSA) is 0 Å². The molecule has 0 fully saturated rings. The minimum absolute atomic E-state index is 1.07. The third-order valence-electron chi connectivity index (χ3n) is 3.69. The molecule has 90 valence electrons. The molecule has 18 heavy (non-hydrogen) atoms. The molecular weight excluding hydrogens is 216 g/mol. The molecule has 0 aliphatic heterocycles. The smallest absolute Gasteiger partial charge is 0.00855 e. The van der Waals surface area contributed by atoms with Gasteiger partial charge < -0.3 is 0 Å². The predicted molar refractivity (Wildman–Crippen MR) is 79.1 cm³/mol. The van der Waals surface area contributed by atoms with Crippen LogP contribution in [0.3, 0.4) is 0 Å². The average molecular weight is 234 g/mol. The molecule has 2 aliphatic carbocycles. The van der Waals surface area contributed by atoms with Crippen LogP contribution in [0.5, 0.6) is 0 Å². The van der Waals surface area contributed by atoms with Gasteiger partial charge in [0.1, 0.15) is 0 Å². The molecule has 0 N–H and O–H groups in total. The molecule has 0 bridgehead atoms. The molecule has 0 saturated carbocycles. The van der Waals surface area contributed by atoms with Crippen LogP contribution in [0.2, 0.25) is 0 Å². The molecule has 0 aromatic heterocycles. The van der Waals surface area contributed by atoms with Gasteiger partial charge in [-0.2, -0.15) is 0 Å². The second-order valence-electron chi connectivity index (χ2n) is 5.34. The highest BCUT2D eigenvalue weighted by molar-refractivity contribution is 5.99. The van der Waals surface area contributed by atoms with E-state index in [-0.39, 0.29) is 0 Å². The highest BCUT2D eigenvalue weighted by Crippen LogP contribution is 2.43. The summed E-state index contributed by atoms with van der Waals surface area (Å²) < 4.78 is 0. The van der Waals surface area contributed by atoms with Gasteiger partial charge in [0.15, 0.2) is 0 Å². The first-order chi connectivity index (χ1) is 8.66. The average Bonchev–Trinajstić information content (AvgIpc) is 2.91. The van der Waals surface area contributed by atoms with Gasteiger partial charge in [0.2, 0.25) is 0 Å². The summed E-state index contributed by atoms with van der Waals surface area (Å²) in [6, 6.07) is 8.69. The fourth-order valence-electron chi connectivity index (χ4n) is 2.87. The number of fused-ring (bicyclic) bond motifs is 1. The van der Waals surface area contributed by atoms with Crippen molar-refractivity contribution in [2.75, 3.05) is 0 Å². The Kier molecular flexibility index (Phi) is 2.59. The highest BCUT2D eigenvalue weighted by Gasteiger charge is 2.22. The lowest BCUT2D eigenvalue weighted by atomic mass is 9.93. The van der Waals surface area contributed by atoms with Crippen molar-refractivity contribution in [2.24, 2.45) is 0 Å². The lowest BCUT2D eigenvalue weighted by Crippen LogP contribution is -1.90. The maximum absolute atomic E-state index is 2.34. The molecule has 0 heteroatoms. The molecule has 0 heterocycles. The van der Waals surface area contributed by atoms with Crippen LogP contribution in [0.4, 0.5) is 0 Å². The minimum Gasteiger partial charge on any atom is -0.0772 e. The van der Waals surface area contributed by atoms with Crippen molar-refractivity contribution in [3.05, 3.63) is 69.8 Å². The SMILES string of the molecule is CC1=CCC(C2=Cc3ccccc3C2=C(C)C)=C1. The Labute approximate surface area is 109 Å². The van der Waals surface area contributed by atoms with E-state index in [1.807, 2.05) is 0 Å². The zero-order chi connectivity index (χ0) is 12.7. The lowest BCUT2D eigenvalue weighted by molar-refractivity contribution is 1.28. The zero-order valence-corrected chi connectivity index (χ0v) is 11.2. The van der Waals surface area contributed by atoms with Crippen molar-refractivity contribution in [1.29, 1.82) is 0 Å². The van der Waals surface area contributed by atoms with Crippen molar-refractivity contribution in [2.45, 2.75) is 27.2 Å². The van der Waals surface area contributed by atoms with E-state index in [4.69, 9.17) is 0 Å².